The molecule has 0 unspecified atom stereocenters. The SMILES string of the molecule is CCOc1ccc(NC(=O)[C@@H]2CC(=O)N([C@H]3CCC[C@H](C)[C@@H]3C)C2)cc1. The maximum absolute atomic E-state index is 12.6. The number of carbonyl (C=O) groups is 2. The van der Waals surface area contributed by atoms with E-state index in [-0.39, 0.29) is 23.8 Å². The zero-order valence-corrected chi connectivity index (χ0v) is 16.0. The molecule has 1 aromatic rings. The van der Waals surface area contributed by atoms with Crippen LogP contribution in [-0.2, 0) is 9.59 Å². The number of anilines is 1. The average Bonchev–Trinajstić information content (AvgIpc) is 3.01. The van der Waals surface area contributed by atoms with Gasteiger partial charge >= 0.3 is 0 Å². The summed E-state index contributed by atoms with van der Waals surface area (Å²) < 4.78 is 5.42. The summed E-state index contributed by atoms with van der Waals surface area (Å²) >= 11 is 0. The Kier molecular flexibility index (Phi) is 5.84. The Balaban J connectivity index is 1.60. The Morgan fingerprint density at radius 1 is 1.23 bits per heavy atom. The summed E-state index contributed by atoms with van der Waals surface area (Å²) in [7, 11) is 0. The van der Waals surface area contributed by atoms with Crippen LogP contribution in [0.4, 0.5) is 5.69 Å². The quantitative estimate of drug-likeness (QED) is 0.873. The Hall–Kier alpha value is -2.04. The molecule has 2 aliphatic rings. The molecule has 0 radical (unpaired) electrons. The number of amides is 2. The number of benzene rings is 1. The molecule has 2 amide bonds. The molecule has 2 fully saturated rings. The minimum Gasteiger partial charge on any atom is -0.494 e. The van der Waals surface area contributed by atoms with Crippen molar-refractivity contribution in [1.29, 1.82) is 0 Å². The molecule has 5 nitrogen and oxygen atoms in total. The van der Waals surface area contributed by atoms with Gasteiger partial charge in [0.2, 0.25) is 11.8 Å². The van der Waals surface area contributed by atoms with Crippen LogP contribution in [-0.4, -0.2) is 35.9 Å². The third kappa shape index (κ3) is 4.02. The topological polar surface area (TPSA) is 58.6 Å². The van der Waals surface area contributed by atoms with Gasteiger partial charge < -0.3 is 15.0 Å². The number of likely N-dealkylation sites (tertiary alicyclic amines) is 1. The van der Waals surface area contributed by atoms with Gasteiger partial charge in [-0.05, 0) is 49.4 Å². The Bertz CT molecular complexity index is 643. The summed E-state index contributed by atoms with van der Waals surface area (Å²) in [4.78, 5) is 27.1. The van der Waals surface area contributed by atoms with Gasteiger partial charge in [-0.1, -0.05) is 26.7 Å². The fourth-order valence-electron chi connectivity index (χ4n) is 4.27. The lowest BCUT2D eigenvalue weighted by atomic mass is 9.77. The molecule has 1 saturated carbocycles. The highest BCUT2D eigenvalue weighted by Crippen LogP contribution is 2.36. The molecule has 1 saturated heterocycles. The predicted molar refractivity (Wildman–Crippen MR) is 102 cm³/mol. The van der Waals surface area contributed by atoms with Crippen molar-refractivity contribution in [3.63, 3.8) is 0 Å². The van der Waals surface area contributed by atoms with E-state index >= 15 is 0 Å². The number of nitrogens with one attached hydrogen (secondary N) is 1. The molecule has 1 aliphatic heterocycles. The largest absolute Gasteiger partial charge is 0.494 e. The van der Waals surface area contributed by atoms with Crippen molar-refractivity contribution in [2.24, 2.45) is 17.8 Å². The second kappa shape index (κ2) is 8.11. The molecule has 0 bridgehead atoms. The van der Waals surface area contributed by atoms with Crippen LogP contribution in [0.15, 0.2) is 24.3 Å². The molecule has 1 heterocycles. The smallest absolute Gasteiger partial charge is 0.229 e. The molecule has 1 aliphatic carbocycles. The van der Waals surface area contributed by atoms with Crippen molar-refractivity contribution in [2.75, 3.05) is 18.5 Å². The number of rotatable bonds is 5. The van der Waals surface area contributed by atoms with Crippen molar-refractivity contribution in [2.45, 2.75) is 52.5 Å². The molecular weight excluding hydrogens is 328 g/mol. The van der Waals surface area contributed by atoms with Crippen molar-refractivity contribution < 1.29 is 14.3 Å². The lowest BCUT2D eigenvalue weighted by Gasteiger charge is -2.40. The van der Waals surface area contributed by atoms with E-state index in [0.717, 1.165) is 17.9 Å². The highest BCUT2D eigenvalue weighted by Gasteiger charge is 2.41. The van der Waals surface area contributed by atoms with Crippen LogP contribution in [0.25, 0.3) is 0 Å². The van der Waals surface area contributed by atoms with Crippen molar-refractivity contribution in [3.05, 3.63) is 24.3 Å². The lowest BCUT2D eigenvalue weighted by Crippen LogP contribution is -2.45. The summed E-state index contributed by atoms with van der Waals surface area (Å²) in [6.07, 6.45) is 3.79. The Morgan fingerprint density at radius 3 is 2.65 bits per heavy atom. The maximum Gasteiger partial charge on any atom is 0.229 e. The van der Waals surface area contributed by atoms with Crippen molar-refractivity contribution in [3.8, 4) is 5.75 Å². The van der Waals surface area contributed by atoms with E-state index in [1.165, 1.54) is 12.8 Å². The van der Waals surface area contributed by atoms with Gasteiger partial charge in [-0.25, -0.2) is 0 Å². The Labute approximate surface area is 156 Å². The van der Waals surface area contributed by atoms with E-state index in [1.807, 2.05) is 36.1 Å². The van der Waals surface area contributed by atoms with Crippen LogP contribution in [0.5, 0.6) is 5.75 Å². The molecule has 142 valence electrons. The molecular formula is C21H30N2O3. The second-order valence-electron chi connectivity index (χ2n) is 7.73. The van der Waals surface area contributed by atoms with E-state index in [4.69, 9.17) is 4.74 Å². The van der Waals surface area contributed by atoms with Gasteiger partial charge in [0.15, 0.2) is 0 Å². The van der Waals surface area contributed by atoms with E-state index in [9.17, 15) is 9.59 Å². The monoisotopic (exact) mass is 358 g/mol. The summed E-state index contributed by atoms with van der Waals surface area (Å²) in [5, 5.41) is 2.94. The van der Waals surface area contributed by atoms with Crippen molar-refractivity contribution in [1.82, 2.24) is 4.90 Å². The molecule has 1 aromatic carbocycles. The Morgan fingerprint density at radius 2 is 1.96 bits per heavy atom. The highest BCUT2D eigenvalue weighted by atomic mass is 16.5. The fraction of sp³-hybridized carbons (Fsp3) is 0.619. The fourth-order valence-corrected chi connectivity index (χ4v) is 4.27. The number of nitrogens with zero attached hydrogens (tertiary/aromatic N) is 1. The number of hydrogen-bond acceptors (Lipinski definition) is 3. The molecule has 1 N–H and O–H groups in total. The first-order valence-corrected chi connectivity index (χ1v) is 9.82. The van der Waals surface area contributed by atoms with Gasteiger partial charge in [-0.15, -0.1) is 0 Å². The number of ether oxygens (including phenoxy) is 1. The third-order valence-electron chi connectivity index (χ3n) is 6.03. The summed E-state index contributed by atoms with van der Waals surface area (Å²) in [6.45, 7) is 7.61. The minimum atomic E-state index is -0.265. The lowest BCUT2D eigenvalue weighted by molar-refractivity contribution is -0.131. The van der Waals surface area contributed by atoms with E-state index < -0.39 is 0 Å². The second-order valence-corrected chi connectivity index (χ2v) is 7.73. The van der Waals surface area contributed by atoms with Crippen LogP contribution in [0.3, 0.4) is 0 Å². The van der Waals surface area contributed by atoms with Gasteiger partial charge in [-0.3, -0.25) is 9.59 Å². The van der Waals surface area contributed by atoms with Gasteiger partial charge in [0.05, 0.1) is 12.5 Å². The molecule has 0 spiro atoms. The van der Waals surface area contributed by atoms with Crippen LogP contribution in [0.2, 0.25) is 0 Å². The first kappa shape index (κ1) is 18.7. The van der Waals surface area contributed by atoms with E-state index in [2.05, 4.69) is 19.2 Å². The first-order valence-electron chi connectivity index (χ1n) is 9.82. The summed E-state index contributed by atoms with van der Waals surface area (Å²) in [5.41, 5.74) is 0.740. The zero-order valence-electron chi connectivity index (χ0n) is 16.0. The average molecular weight is 358 g/mol. The third-order valence-corrected chi connectivity index (χ3v) is 6.03. The molecule has 26 heavy (non-hydrogen) atoms. The standard InChI is InChI=1S/C21H30N2O3/c1-4-26-18-10-8-17(9-11-18)22-21(25)16-12-20(24)23(13-16)19-7-5-6-14(2)15(19)3/h8-11,14-16,19H,4-7,12-13H2,1-3H3,(H,22,25)/t14-,15-,16+,19-/m0/s1. The number of hydrogen-bond donors (Lipinski definition) is 1. The number of carbonyl (C=O) groups excluding carboxylic acids is 2. The molecule has 4 atom stereocenters. The van der Waals surface area contributed by atoms with Crippen LogP contribution >= 0.6 is 0 Å². The van der Waals surface area contributed by atoms with Gasteiger partial charge in [0.25, 0.3) is 0 Å². The van der Waals surface area contributed by atoms with Crippen LogP contribution in [0.1, 0.15) is 46.5 Å². The van der Waals surface area contributed by atoms with Gasteiger partial charge in [0, 0.05) is 24.7 Å². The first-order chi connectivity index (χ1) is 12.5. The van der Waals surface area contributed by atoms with E-state index in [0.29, 0.717) is 31.4 Å². The predicted octanol–water partition coefficient (Wildman–Crippen LogP) is 3.70. The zero-order chi connectivity index (χ0) is 18.7. The molecule has 0 aromatic heterocycles. The van der Waals surface area contributed by atoms with E-state index in [1.54, 1.807) is 0 Å². The maximum atomic E-state index is 12.6. The molecule has 3 rings (SSSR count). The summed E-state index contributed by atoms with van der Waals surface area (Å²) in [5.74, 6) is 1.72. The minimum absolute atomic E-state index is 0.0680. The van der Waals surface area contributed by atoms with Gasteiger partial charge in [0.1, 0.15) is 5.75 Å². The highest BCUT2D eigenvalue weighted by molar-refractivity contribution is 5.97. The normalized spacial score (nSPS) is 28.9. The van der Waals surface area contributed by atoms with Crippen LogP contribution in [0, 0.1) is 17.8 Å². The summed E-state index contributed by atoms with van der Waals surface area (Å²) in [6, 6.07) is 7.65. The van der Waals surface area contributed by atoms with Crippen molar-refractivity contribution >= 4 is 17.5 Å². The van der Waals surface area contributed by atoms with Gasteiger partial charge in [-0.2, -0.15) is 0 Å². The molecule has 5 heteroatoms. The van der Waals surface area contributed by atoms with Crippen LogP contribution < -0.4 is 10.1 Å².